The summed E-state index contributed by atoms with van der Waals surface area (Å²) in [7, 11) is 1.70. The van der Waals surface area contributed by atoms with Crippen molar-refractivity contribution in [3.63, 3.8) is 0 Å². The molecule has 0 spiro atoms. The zero-order valence-corrected chi connectivity index (χ0v) is 24.0. The lowest BCUT2D eigenvalue weighted by molar-refractivity contribution is -0.118. The maximum atomic E-state index is 13.9. The van der Waals surface area contributed by atoms with E-state index in [0.29, 0.717) is 58.4 Å². The van der Waals surface area contributed by atoms with Crippen molar-refractivity contribution in [3.8, 4) is 34.2 Å². The Bertz CT molecular complexity index is 1750. The van der Waals surface area contributed by atoms with E-state index < -0.39 is 11.8 Å². The molecule has 1 aliphatic heterocycles. The SMILES string of the molecule is Cn1c(N2CCC(N)CC2)nc(-c2ccc(C#N)cc2)c(-c2ccc(OCC(=O)Nc3ccc(C(=O)NO)cc3)cc2)c1=O. The van der Waals surface area contributed by atoms with Crippen LogP contribution in [0.2, 0.25) is 0 Å². The smallest absolute Gasteiger partial charge is 0.274 e. The number of carbonyl (C=O) groups is 2. The quantitative estimate of drug-likeness (QED) is 0.177. The molecule has 1 aliphatic rings. The first kappa shape index (κ1) is 30.0. The van der Waals surface area contributed by atoms with Gasteiger partial charge in [0, 0.05) is 43.0 Å². The first-order valence-electron chi connectivity index (χ1n) is 14.0. The van der Waals surface area contributed by atoms with Crippen LogP contribution >= 0.6 is 0 Å². The Kier molecular flexibility index (Phi) is 8.99. The molecule has 0 aliphatic carbocycles. The van der Waals surface area contributed by atoms with Crippen molar-refractivity contribution < 1.29 is 19.5 Å². The summed E-state index contributed by atoms with van der Waals surface area (Å²) >= 11 is 0. The summed E-state index contributed by atoms with van der Waals surface area (Å²) in [6.45, 7) is 1.12. The number of hydrogen-bond donors (Lipinski definition) is 4. The minimum Gasteiger partial charge on any atom is -0.484 e. The number of piperidine rings is 1. The number of ether oxygens (including phenoxy) is 1. The molecule has 224 valence electrons. The Morgan fingerprint density at radius 1 is 1.02 bits per heavy atom. The minimum atomic E-state index is -0.657. The Morgan fingerprint density at radius 2 is 1.66 bits per heavy atom. The van der Waals surface area contributed by atoms with Crippen molar-refractivity contribution in [1.82, 2.24) is 15.0 Å². The summed E-state index contributed by atoms with van der Waals surface area (Å²) in [5, 5.41) is 20.7. The topological polar surface area (TPSA) is 176 Å². The third kappa shape index (κ3) is 6.59. The number of anilines is 2. The first-order valence-corrected chi connectivity index (χ1v) is 14.0. The summed E-state index contributed by atoms with van der Waals surface area (Å²) in [5.74, 6) is -0.0912. The van der Waals surface area contributed by atoms with E-state index in [-0.39, 0.29) is 23.8 Å². The molecule has 1 saturated heterocycles. The molecule has 2 amide bonds. The predicted octanol–water partition coefficient (Wildman–Crippen LogP) is 3.05. The monoisotopic (exact) mass is 593 g/mol. The van der Waals surface area contributed by atoms with Crippen molar-refractivity contribution in [3.05, 3.63) is 94.3 Å². The average molecular weight is 594 g/mol. The molecule has 1 aromatic heterocycles. The molecule has 0 bridgehead atoms. The van der Waals surface area contributed by atoms with E-state index in [9.17, 15) is 19.6 Å². The third-order valence-corrected chi connectivity index (χ3v) is 7.42. The van der Waals surface area contributed by atoms with Gasteiger partial charge in [0.05, 0.1) is 22.9 Å². The molecule has 1 fully saturated rings. The van der Waals surface area contributed by atoms with Crippen LogP contribution in [0.5, 0.6) is 5.75 Å². The van der Waals surface area contributed by atoms with Gasteiger partial charge in [0.15, 0.2) is 6.61 Å². The predicted molar refractivity (Wildman–Crippen MR) is 164 cm³/mol. The second kappa shape index (κ2) is 13.2. The van der Waals surface area contributed by atoms with Gasteiger partial charge in [0.25, 0.3) is 17.4 Å². The number of nitriles is 1. The summed E-state index contributed by atoms with van der Waals surface area (Å²) in [5.41, 5.74) is 10.8. The second-order valence-electron chi connectivity index (χ2n) is 10.4. The molecule has 0 saturated carbocycles. The third-order valence-electron chi connectivity index (χ3n) is 7.42. The summed E-state index contributed by atoms with van der Waals surface area (Å²) in [6.07, 6.45) is 1.61. The van der Waals surface area contributed by atoms with Gasteiger partial charge in [-0.05, 0) is 66.9 Å². The standard InChI is InChI=1S/C32H31N7O5/c1-38-31(42)28(29(22-4-2-20(18-33)3-5-22)36-32(38)39-16-14-24(34)15-17-39)21-8-12-26(13-9-21)44-19-27(40)35-25-10-6-23(7-11-25)30(41)37-43/h2-13,24,43H,14-17,19,34H2,1H3,(H,35,40)(H,37,41). The highest BCUT2D eigenvalue weighted by molar-refractivity contribution is 5.95. The van der Waals surface area contributed by atoms with Gasteiger partial charge in [0.1, 0.15) is 5.75 Å². The number of aromatic nitrogens is 2. The van der Waals surface area contributed by atoms with Crippen LogP contribution in [0.25, 0.3) is 22.4 Å². The molecule has 12 heteroatoms. The lowest BCUT2D eigenvalue weighted by Gasteiger charge is -2.32. The maximum Gasteiger partial charge on any atom is 0.274 e. The summed E-state index contributed by atoms with van der Waals surface area (Å²) in [4.78, 5) is 44.8. The van der Waals surface area contributed by atoms with E-state index in [0.717, 1.165) is 12.8 Å². The van der Waals surface area contributed by atoms with Crippen molar-refractivity contribution in [1.29, 1.82) is 5.26 Å². The van der Waals surface area contributed by atoms with Gasteiger partial charge < -0.3 is 20.7 Å². The number of nitrogens with two attached hydrogens (primary N) is 1. The molecule has 0 radical (unpaired) electrons. The normalized spacial score (nSPS) is 13.2. The van der Waals surface area contributed by atoms with Gasteiger partial charge in [-0.15, -0.1) is 0 Å². The maximum absolute atomic E-state index is 13.9. The van der Waals surface area contributed by atoms with Gasteiger partial charge in [0.2, 0.25) is 5.95 Å². The lowest BCUT2D eigenvalue weighted by atomic mass is 9.99. The number of nitrogens with one attached hydrogen (secondary N) is 2. The fourth-order valence-corrected chi connectivity index (χ4v) is 4.98. The van der Waals surface area contributed by atoms with Gasteiger partial charge >= 0.3 is 0 Å². The zero-order valence-electron chi connectivity index (χ0n) is 24.0. The molecule has 5 rings (SSSR count). The molecule has 0 unspecified atom stereocenters. The van der Waals surface area contributed by atoms with Gasteiger partial charge in [-0.3, -0.25) is 24.2 Å². The Labute approximate surface area is 253 Å². The molecule has 3 aromatic carbocycles. The van der Waals surface area contributed by atoms with Crippen molar-refractivity contribution >= 4 is 23.5 Å². The zero-order chi connectivity index (χ0) is 31.2. The van der Waals surface area contributed by atoms with E-state index >= 15 is 0 Å². The van der Waals surface area contributed by atoms with Gasteiger partial charge in [-0.1, -0.05) is 24.3 Å². The van der Waals surface area contributed by atoms with Crippen LogP contribution in [0, 0.1) is 11.3 Å². The molecule has 2 heterocycles. The molecular weight excluding hydrogens is 562 g/mol. The lowest BCUT2D eigenvalue weighted by Crippen LogP contribution is -2.42. The van der Waals surface area contributed by atoms with Gasteiger partial charge in [-0.2, -0.15) is 5.26 Å². The summed E-state index contributed by atoms with van der Waals surface area (Å²) < 4.78 is 7.21. The average Bonchev–Trinajstić information content (AvgIpc) is 3.06. The number of hydroxylamine groups is 1. The minimum absolute atomic E-state index is 0.126. The van der Waals surface area contributed by atoms with Crippen molar-refractivity contribution in [2.75, 3.05) is 29.9 Å². The van der Waals surface area contributed by atoms with Crippen molar-refractivity contribution in [2.24, 2.45) is 12.8 Å². The molecule has 12 nitrogen and oxygen atoms in total. The molecule has 44 heavy (non-hydrogen) atoms. The van der Waals surface area contributed by atoms with E-state index in [4.69, 9.17) is 20.7 Å². The van der Waals surface area contributed by atoms with E-state index in [1.807, 2.05) is 0 Å². The fraction of sp³-hybridized carbons (Fsp3) is 0.219. The van der Waals surface area contributed by atoms with Gasteiger partial charge in [-0.25, -0.2) is 10.5 Å². The molecular formula is C32H31N7O5. The van der Waals surface area contributed by atoms with Crippen LogP contribution in [0.4, 0.5) is 11.6 Å². The number of nitrogens with zero attached hydrogens (tertiary/aromatic N) is 4. The highest BCUT2D eigenvalue weighted by Crippen LogP contribution is 2.31. The first-order chi connectivity index (χ1) is 21.3. The number of amides is 2. The van der Waals surface area contributed by atoms with Crippen LogP contribution in [0.15, 0.2) is 77.6 Å². The number of hydrogen-bond acceptors (Lipinski definition) is 9. The molecule has 5 N–H and O–H groups in total. The Hall–Kier alpha value is -5.51. The fourth-order valence-electron chi connectivity index (χ4n) is 4.98. The highest BCUT2D eigenvalue weighted by Gasteiger charge is 2.24. The van der Waals surface area contributed by atoms with Crippen LogP contribution in [-0.2, 0) is 11.8 Å². The van der Waals surface area contributed by atoms with E-state index in [1.165, 1.54) is 24.3 Å². The number of rotatable bonds is 8. The Morgan fingerprint density at radius 3 is 2.27 bits per heavy atom. The number of benzene rings is 3. The van der Waals surface area contributed by atoms with Crippen LogP contribution in [0.1, 0.15) is 28.8 Å². The van der Waals surface area contributed by atoms with E-state index in [1.54, 1.807) is 65.6 Å². The molecule has 0 atom stereocenters. The van der Waals surface area contributed by atoms with Crippen LogP contribution in [-0.4, -0.2) is 52.3 Å². The second-order valence-corrected chi connectivity index (χ2v) is 10.4. The number of carbonyl (C=O) groups excluding carboxylic acids is 2. The Balaban J connectivity index is 1.37. The molecule has 4 aromatic rings. The largest absolute Gasteiger partial charge is 0.484 e. The highest BCUT2D eigenvalue weighted by atomic mass is 16.5. The van der Waals surface area contributed by atoms with Crippen molar-refractivity contribution in [2.45, 2.75) is 18.9 Å². The van der Waals surface area contributed by atoms with Crippen LogP contribution < -0.4 is 31.7 Å². The van der Waals surface area contributed by atoms with Crippen LogP contribution in [0.3, 0.4) is 0 Å². The van der Waals surface area contributed by atoms with E-state index in [2.05, 4.69) is 16.3 Å². The summed E-state index contributed by atoms with van der Waals surface area (Å²) in [6, 6.07) is 22.0.